The molecule has 2 heterocycles. The van der Waals surface area contributed by atoms with Crippen molar-refractivity contribution in [3.8, 4) is 0 Å². The van der Waals surface area contributed by atoms with Crippen molar-refractivity contribution < 1.29 is 9.53 Å². The van der Waals surface area contributed by atoms with Gasteiger partial charge < -0.3 is 15.0 Å². The number of fused-ring (bicyclic) bond motifs is 2. The molecular weight excluding hydrogens is 288 g/mol. The van der Waals surface area contributed by atoms with E-state index in [9.17, 15) is 4.79 Å². The highest BCUT2D eigenvalue weighted by Crippen LogP contribution is 2.49. The first kappa shape index (κ1) is 15.9. The van der Waals surface area contributed by atoms with Crippen LogP contribution < -0.4 is 5.32 Å². The molecule has 0 radical (unpaired) electrons. The standard InChI is InChI=1S/C19H32N2O2/c22-19(11-17-10-14-1-2-16(17)9-14)20-18-3-6-21(7-4-18)12-15-5-8-23-13-15/h14-18H,1-13H2,(H,20,22)/t14-,15+,16-,17+/m0/s1. The molecule has 4 aliphatic rings. The Kier molecular flexibility index (Phi) is 4.91. The van der Waals surface area contributed by atoms with E-state index < -0.39 is 0 Å². The van der Waals surface area contributed by atoms with Crippen molar-refractivity contribution in [1.82, 2.24) is 10.2 Å². The Morgan fingerprint density at radius 2 is 1.96 bits per heavy atom. The molecule has 130 valence electrons. The summed E-state index contributed by atoms with van der Waals surface area (Å²) in [7, 11) is 0. The highest BCUT2D eigenvalue weighted by molar-refractivity contribution is 5.76. The number of nitrogens with zero attached hydrogens (tertiary/aromatic N) is 1. The lowest BCUT2D eigenvalue weighted by Crippen LogP contribution is -2.46. The highest BCUT2D eigenvalue weighted by atomic mass is 16.5. The van der Waals surface area contributed by atoms with E-state index in [-0.39, 0.29) is 0 Å². The summed E-state index contributed by atoms with van der Waals surface area (Å²) in [6.07, 6.45) is 9.79. The molecule has 1 N–H and O–H groups in total. The van der Waals surface area contributed by atoms with Crippen LogP contribution in [-0.4, -0.2) is 49.7 Å². The van der Waals surface area contributed by atoms with Crippen molar-refractivity contribution in [2.75, 3.05) is 32.8 Å². The maximum atomic E-state index is 12.4. The van der Waals surface area contributed by atoms with Crippen LogP contribution in [0.15, 0.2) is 0 Å². The van der Waals surface area contributed by atoms with E-state index in [2.05, 4.69) is 10.2 Å². The largest absolute Gasteiger partial charge is 0.381 e. The van der Waals surface area contributed by atoms with Gasteiger partial charge in [-0.2, -0.15) is 0 Å². The minimum absolute atomic E-state index is 0.324. The number of ether oxygens (including phenoxy) is 1. The van der Waals surface area contributed by atoms with E-state index in [1.165, 1.54) is 38.6 Å². The zero-order valence-corrected chi connectivity index (χ0v) is 14.3. The summed E-state index contributed by atoms with van der Waals surface area (Å²) >= 11 is 0. The molecule has 0 aromatic carbocycles. The zero-order valence-electron chi connectivity index (χ0n) is 14.3. The third-order valence-corrected chi connectivity index (χ3v) is 6.83. The van der Waals surface area contributed by atoms with E-state index >= 15 is 0 Å². The maximum Gasteiger partial charge on any atom is 0.220 e. The Morgan fingerprint density at radius 1 is 1.09 bits per heavy atom. The summed E-state index contributed by atoms with van der Waals surface area (Å²) in [5.74, 6) is 3.56. The SMILES string of the molecule is O=C(C[C@H]1C[C@H]2CC[C@H]1C2)NC1CCN(C[C@H]2CCOC2)CC1. The lowest BCUT2D eigenvalue weighted by Gasteiger charge is -2.34. The van der Waals surface area contributed by atoms with E-state index in [0.717, 1.165) is 63.3 Å². The molecule has 2 saturated carbocycles. The highest BCUT2D eigenvalue weighted by Gasteiger charge is 2.40. The first-order valence-electron chi connectivity index (χ1n) is 9.85. The van der Waals surface area contributed by atoms with Gasteiger partial charge in [-0.1, -0.05) is 6.42 Å². The molecule has 4 fully saturated rings. The van der Waals surface area contributed by atoms with Gasteiger partial charge in [0.25, 0.3) is 0 Å². The zero-order chi connectivity index (χ0) is 15.6. The minimum Gasteiger partial charge on any atom is -0.381 e. The van der Waals surface area contributed by atoms with Crippen LogP contribution in [0.25, 0.3) is 0 Å². The quantitative estimate of drug-likeness (QED) is 0.846. The molecule has 4 heteroatoms. The Balaban J connectivity index is 1.15. The molecule has 0 unspecified atom stereocenters. The molecule has 0 aromatic heterocycles. The summed E-state index contributed by atoms with van der Waals surface area (Å²) in [6, 6.07) is 0.414. The Morgan fingerprint density at radius 3 is 2.61 bits per heavy atom. The predicted octanol–water partition coefficient (Wildman–Crippen LogP) is 2.43. The summed E-state index contributed by atoms with van der Waals surface area (Å²) in [4.78, 5) is 14.9. The van der Waals surface area contributed by atoms with Gasteiger partial charge in [-0.15, -0.1) is 0 Å². The average Bonchev–Trinajstić information content (AvgIpc) is 3.27. The number of amides is 1. The molecule has 0 spiro atoms. The number of likely N-dealkylation sites (tertiary alicyclic amines) is 1. The van der Waals surface area contributed by atoms with Crippen LogP contribution in [0.3, 0.4) is 0 Å². The van der Waals surface area contributed by atoms with E-state index in [1.807, 2.05) is 0 Å². The van der Waals surface area contributed by atoms with Crippen molar-refractivity contribution in [1.29, 1.82) is 0 Å². The molecule has 4 nitrogen and oxygen atoms in total. The van der Waals surface area contributed by atoms with Crippen molar-refractivity contribution in [3.63, 3.8) is 0 Å². The van der Waals surface area contributed by atoms with E-state index in [0.29, 0.717) is 17.9 Å². The number of hydrogen-bond donors (Lipinski definition) is 1. The van der Waals surface area contributed by atoms with Crippen LogP contribution in [-0.2, 0) is 9.53 Å². The van der Waals surface area contributed by atoms with Gasteiger partial charge in [-0.25, -0.2) is 0 Å². The molecule has 4 rings (SSSR count). The fraction of sp³-hybridized carbons (Fsp3) is 0.947. The molecule has 2 saturated heterocycles. The van der Waals surface area contributed by atoms with Crippen LogP contribution in [0.4, 0.5) is 0 Å². The lowest BCUT2D eigenvalue weighted by atomic mass is 9.86. The van der Waals surface area contributed by atoms with Crippen LogP contribution in [0.2, 0.25) is 0 Å². The average molecular weight is 320 g/mol. The smallest absolute Gasteiger partial charge is 0.220 e. The Labute approximate surface area is 140 Å². The predicted molar refractivity (Wildman–Crippen MR) is 90.1 cm³/mol. The number of piperidine rings is 1. The molecule has 1 amide bonds. The monoisotopic (exact) mass is 320 g/mol. The van der Waals surface area contributed by atoms with E-state index in [1.54, 1.807) is 0 Å². The summed E-state index contributed by atoms with van der Waals surface area (Å²) in [5, 5.41) is 3.33. The molecule has 4 atom stereocenters. The van der Waals surface area contributed by atoms with Crippen molar-refractivity contribution in [3.05, 3.63) is 0 Å². The van der Waals surface area contributed by atoms with Crippen LogP contribution in [0.1, 0.15) is 51.4 Å². The normalized spacial score (nSPS) is 38.3. The van der Waals surface area contributed by atoms with Crippen molar-refractivity contribution in [2.24, 2.45) is 23.7 Å². The maximum absolute atomic E-state index is 12.4. The number of carbonyl (C=O) groups is 1. The second-order valence-corrected chi connectivity index (χ2v) is 8.51. The number of nitrogens with one attached hydrogen (secondary N) is 1. The Hall–Kier alpha value is -0.610. The lowest BCUT2D eigenvalue weighted by molar-refractivity contribution is -0.123. The van der Waals surface area contributed by atoms with Gasteiger partial charge in [-0.05, 0) is 62.2 Å². The summed E-state index contributed by atoms with van der Waals surface area (Å²) in [5.41, 5.74) is 0. The van der Waals surface area contributed by atoms with Gasteiger partial charge in [0.05, 0.1) is 6.61 Å². The molecule has 23 heavy (non-hydrogen) atoms. The second-order valence-electron chi connectivity index (χ2n) is 8.51. The van der Waals surface area contributed by atoms with Gasteiger partial charge in [-0.3, -0.25) is 4.79 Å². The Bertz CT molecular complexity index is 414. The van der Waals surface area contributed by atoms with Crippen molar-refractivity contribution >= 4 is 5.91 Å². The van der Waals surface area contributed by atoms with Gasteiger partial charge >= 0.3 is 0 Å². The number of hydrogen-bond acceptors (Lipinski definition) is 3. The first-order valence-corrected chi connectivity index (χ1v) is 9.85. The van der Waals surface area contributed by atoms with Crippen LogP contribution in [0, 0.1) is 23.7 Å². The van der Waals surface area contributed by atoms with Gasteiger partial charge in [0.2, 0.25) is 5.91 Å². The molecule has 2 bridgehead atoms. The van der Waals surface area contributed by atoms with Crippen LogP contribution >= 0.6 is 0 Å². The third kappa shape index (κ3) is 3.90. The first-order chi connectivity index (χ1) is 11.3. The fourth-order valence-electron chi connectivity index (χ4n) is 5.50. The topological polar surface area (TPSA) is 41.6 Å². The van der Waals surface area contributed by atoms with Gasteiger partial charge in [0.15, 0.2) is 0 Å². The van der Waals surface area contributed by atoms with Crippen molar-refractivity contribution in [2.45, 2.75) is 57.4 Å². The van der Waals surface area contributed by atoms with Gasteiger partial charge in [0.1, 0.15) is 0 Å². The molecule has 0 aromatic rings. The molecular formula is C19H32N2O2. The van der Waals surface area contributed by atoms with Crippen LogP contribution in [0.5, 0.6) is 0 Å². The number of carbonyl (C=O) groups excluding carboxylic acids is 1. The fourth-order valence-corrected chi connectivity index (χ4v) is 5.50. The van der Waals surface area contributed by atoms with E-state index in [4.69, 9.17) is 4.74 Å². The number of rotatable bonds is 5. The van der Waals surface area contributed by atoms with Gasteiger partial charge in [0, 0.05) is 38.7 Å². The summed E-state index contributed by atoms with van der Waals surface area (Å²) < 4.78 is 5.47. The minimum atomic E-state index is 0.324. The second kappa shape index (κ2) is 7.10. The third-order valence-electron chi connectivity index (χ3n) is 6.83. The summed E-state index contributed by atoms with van der Waals surface area (Å²) in [6.45, 7) is 5.34. The molecule has 2 aliphatic heterocycles. The molecule has 2 aliphatic carbocycles.